The summed E-state index contributed by atoms with van der Waals surface area (Å²) in [5.41, 5.74) is 0.758. The lowest BCUT2D eigenvalue weighted by Gasteiger charge is -2.19. The molecule has 0 radical (unpaired) electrons. The summed E-state index contributed by atoms with van der Waals surface area (Å²) >= 11 is 6.31. The maximum atomic E-state index is 13.0. The molecular formula is C19H25Cl2N5O. The largest absolute Gasteiger partial charge is 0.336 e. The maximum absolute atomic E-state index is 13.0. The van der Waals surface area contributed by atoms with Crippen molar-refractivity contribution in [3.63, 3.8) is 0 Å². The second-order valence-corrected chi connectivity index (χ2v) is 7.52. The fourth-order valence-corrected chi connectivity index (χ4v) is 4.26. The van der Waals surface area contributed by atoms with E-state index in [1.807, 2.05) is 36.1 Å². The molecule has 0 unspecified atom stereocenters. The highest BCUT2D eigenvalue weighted by atomic mass is 35.5. The van der Waals surface area contributed by atoms with E-state index in [4.69, 9.17) is 11.6 Å². The molecule has 1 N–H and O–H groups in total. The van der Waals surface area contributed by atoms with Gasteiger partial charge in [0.1, 0.15) is 5.82 Å². The van der Waals surface area contributed by atoms with Crippen molar-refractivity contribution in [3.05, 3.63) is 40.9 Å². The Hall–Kier alpha value is -1.63. The van der Waals surface area contributed by atoms with Crippen molar-refractivity contribution < 1.29 is 4.79 Å². The first-order chi connectivity index (χ1) is 12.7. The van der Waals surface area contributed by atoms with Crippen LogP contribution in [-0.4, -0.2) is 51.8 Å². The Morgan fingerprint density at radius 3 is 2.52 bits per heavy atom. The number of halogens is 2. The van der Waals surface area contributed by atoms with Crippen molar-refractivity contribution in [1.29, 1.82) is 0 Å². The zero-order valence-electron chi connectivity index (χ0n) is 15.4. The van der Waals surface area contributed by atoms with Crippen molar-refractivity contribution in [3.8, 4) is 5.69 Å². The number of hydrogen-bond acceptors (Lipinski definition) is 4. The summed E-state index contributed by atoms with van der Waals surface area (Å²) in [5, 5.41) is 8.57. The van der Waals surface area contributed by atoms with Crippen molar-refractivity contribution in [1.82, 2.24) is 25.0 Å². The smallest absolute Gasteiger partial charge is 0.293 e. The number of benzene rings is 1. The molecule has 1 aromatic carbocycles. The average Bonchev–Trinajstić information content (AvgIpc) is 3.24. The molecule has 2 aliphatic rings. The van der Waals surface area contributed by atoms with Gasteiger partial charge in [0.05, 0.1) is 10.7 Å². The first kappa shape index (κ1) is 20.1. The number of carbonyl (C=O) groups is 1. The van der Waals surface area contributed by atoms with Gasteiger partial charge in [0.2, 0.25) is 5.82 Å². The molecule has 1 aromatic heterocycles. The van der Waals surface area contributed by atoms with E-state index in [-0.39, 0.29) is 24.1 Å². The van der Waals surface area contributed by atoms with Crippen LogP contribution in [0, 0.1) is 11.8 Å². The minimum atomic E-state index is -0.0709. The summed E-state index contributed by atoms with van der Waals surface area (Å²) < 4.78 is 1.70. The van der Waals surface area contributed by atoms with Gasteiger partial charge in [-0.2, -0.15) is 0 Å². The summed E-state index contributed by atoms with van der Waals surface area (Å²) in [6, 6.07) is 7.50. The quantitative estimate of drug-likeness (QED) is 0.845. The van der Waals surface area contributed by atoms with Crippen LogP contribution in [0.3, 0.4) is 0 Å². The van der Waals surface area contributed by atoms with Crippen LogP contribution in [0.4, 0.5) is 0 Å². The van der Waals surface area contributed by atoms with Crippen LogP contribution in [-0.2, 0) is 6.42 Å². The number of hydrogen-bond donors (Lipinski definition) is 1. The first-order valence-corrected chi connectivity index (χ1v) is 9.76. The SMILES string of the molecule is CCc1nc(C(=O)N2CC[C@@H]3CNC[C@@H]3CC2)nn1-c1ccccc1Cl.Cl. The fourth-order valence-electron chi connectivity index (χ4n) is 4.04. The predicted octanol–water partition coefficient (Wildman–Crippen LogP) is 2.98. The van der Waals surface area contributed by atoms with E-state index < -0.39 is 0 Å². The molecule has 2 fully saturated rings. The molecule has 2 atom stereocenters. The minimum Gasteiger partial charge on any atom is -0.336 e. The van der Waals surface area contributed by atoms with Gasteiger partial charge in [-0.05, 0) is 49.9 Å². The number of likely N-dealkylation sites (tertiary alicyclic amines) is 1. The van der Waals surface area contributed by atoms with E-state index in [0.717, 1.165) is 50.5 Å². The highest BCUT2D eigenvalue weighted by Gasteiger charge is 2.32. The molecule has 4 rings (SSSR count). The van der Waals surface area contributed by atoms with Crippen molar-refractivity contribution in [2.75, 3.05) is 26.2 Å². The Bertz CT molecular complexity index is 795. The summed E-state index contributed by atoms with van der Waals surface area (Å²) in [7, 11) is 0. The van der Waals surface area contributed by atoms with E-state index in [2.05, 4.69) is 15.4 Å². The van der Waals surface area contributed by atoms with Gasteiger partial charge in [0.15, 0.2) is 0 Å². The Balaban J connectivity index is 0.00000210. The fraction of sp³-hybridized carbons (Fsp3) is 0.526. The highest BCUT2D eigenvalue weighted by molar-refractivity contribution is 6.32. The molecule has 0 bridgehead atoms. The molecule has 27 heavy (non-hydrogen) atoms. The first-order valence-electron chi connectivity index (χ1n) is 9.38. The van der Waals surface area contributed by atoms with E-state index in [9.17, 15) is 4.79 Å². The molecular weight excluding hydrogens is 385 g/mol. The number of para-hydroxylation sites is 1. The second-order valence-electron chi connectivity index (χ2n) is 7.12. The molecule has 2 aliphatic heterocycles. The third-order valence-electron chi connectivity index (χ3n) is 5.57. The highest BCUT2D eigenvalue weighted by Crippen LogP contribution is 2.28. The predicted molar refractivity (Wildman–Crippen MR) is 108 cm³/mol. The van der Waals surface area contributed by atoms with Gasteiger partial charge in [-0.15, -0.1) is 17.5 Å². The zero-order chi connectivity index (χ0) is 18.1. The Labute approximate surface area is 170 Å². The minimum absolute atomic E-state index is 0. The molecule has 2 aromatic rings. The lowest BCUT2D eigenvalue weighted by atomic mass is 9.92. The van der Waals surface area contributed by atoms with Crippen LogP contribution >= 0.6 is 24.0 Å². The van der Waals surface area contributed by atoms with Crippen molar-refractivity contribution in [2.45, 2.75) is 26.2 Å². The van der Waals surface area contributed by atoms with Gasteiger partial charge >= 0.3 is 0 Å². The maximum Gasteiger partial charge on any atom is 0.293 e. The lowest BCUT2D eigenvalue weighted by molar-refractivity contribution is 0.0746. The molecule has 0 aliphatic carbocycles. The van der Waals surface area contributed by atoms with E-state index in [1.54, 1.807) is 4.68 Å². The van der Waals surface area contributed by atoms with Crippen molar-refractivity contribution in [2.24, 2.45) is 11.8 Å². The number of amides is 1. The third kappa shape index (κ3) is 3.98. The zero-order valence-corrected chi connectivity index (χ0v) is 17.0. The molecule has 8 heteroatoms. The Morgan fingerprint density at radius 1 is 1.22 bits per heavy atom. The van der Waals surface area contributed by atoms with Gasteiger partial charge in [0, 0.05) is 19.5 Å². The van der Waals surface area contributed by atoms with Crippen LogP contribution in [0.5, 0.6) is 0 Å². The number of aryl methyl sites for hydroxylation is 1. The number of nitrogens with zero attached hydrogens (tertiary/aromatic N) is 4. The number of fused-ring (bicyclic) bond motifs is 1. The third-order valence-corrected chi connectivity index (χ3v) is 5.89. The molecule has 146 valence electrons. The lowest BCUT2D eigenvalue weighted by Crippen LogP contribution is -2.33. The van der Waals surface area contributed by atoms with Crippen molar-refractivity contribution >= 4 is 29.9 Å². The Morgan fingerprint density at radius 2 is 1.89 bits per heavy atom. The van der Waals surface area contributed by atoms with E-state index in [0.29, 0.717) is 23.3 Å². The van der Waals surface area contributed by atoms with Gasteiger partial charge in [-0.1, -0.05) is 30.7 Å². The van der Waals surface area contributed by atoms with Crippen LogP contribution in [0.2, 0.25) is 5.02 Å². The summed E-state index contributed by atoms with van der Waals surface area (Å²) in [6.07, 6.45) is 2.78. The van der Waals surface area contributed by atoms with E-state index >= 15 is 0 Å². The van der Waals surface area contributed by atoms with Gasteiger partial charge in [-0.25, -0.2) is 9.67 Å². The van der Waals surface area contributed by atoms with Gasteiger partial charge in [0.25, 0.3) is 5.91 Å². The molecule has 6 nitrogen and oxygen atoms in total. The Kier molecular flexibility index (Phi) is 6.40. The standard InChI is InChI=1S/C19H24ClN5O.ClH/c1-2-17-22-18(23-25(17)16-6-4-3-5-15(16)20)19(26)24-9-7-13-11-21-12-14(13)8-10-24;/h3-6,13-14,21H,2,7-12H2,1H3;1H/t13-,14+;. The molecule has 0 spiro atoms. The number of aromatic nitrogens is 3. The topological polar surface area (TPSA) is 63.1 Å². The monoisotopic (exact) mass is 409 g/mol. The van der Waals surface area contributed by atoms with Crippen LogP contribution in [0.1, 0.15) is 36.2 Å². The average molecular weight is 410 g/mol. The number of carbonyl (C=O) groups excluding carboxylic acids is 1. The summed E-state index contributed by atoms with van der Waals surface area (Å²) in [6.45, 7) is 5.72. The number of rotatable bonds is 3. The van der Waals surface area contributed by atoms with Gasteiger partial charge in [-0.3, -0.25) is 4.79 Å². The molecule has 3 heterocycles. The van der Waals surface area contributed by atoms with E-state index in [1.165, 1.54) is 0 Å². The van der Waals surface area contributed by atoms with Crippen LogP contribution in [0.25, 0.3) is 5.69 Å². The summed E-state index contributed by atoms with van der Waals surface area (Å²) in [5.74, 6) is 2.32. The summed E-state index contributed by atoms with van der Waals surface area (Å²) in [4.78, 5) is 19.4. The molecule has 1 amide bonds. The molecule has 0 saturated carbocycles. The second kappa shape index (κ2) is 8.59. The van der Waals surface area contributed by atoms with Crippen LogP contribution in [0.15, 0.2) is 24.3 Å². The normalized spacial score (nSPS) is 22.1. The van der Waals surface area contributed by atoms with Gasteiger partial charge < -0.3 is 10.2 Å². The van der Waals surface area contributed by atoms with Crippen LogP contribution < -0.4 is 5.32 Å². The number of nitrogens with one attached hydrogen (secondary N) is 1. The molecule has 2 saturated heterocycles.